The number of oxazole rings is 1. The summed E-state index contributed by atoms with van der Waals surface area (Å²) in [5.41, 5.74) is 1.79. The van der Waals surface area contributed by atoms with Gasteiger partial charge in [-0.25, -0.2) is 9.37 Å². The second-order valence-corrected chi connectivity index (χ2v) is 7.05. The Labute approximate surface area is 148 Å². The third-order valence-corrected chi connectivity index (χ3v) is 4.95. The van der Waals surface area contributed by atoms with Crippen molar-refractivity contribution < 1.29 is 21.4 Å². The molecule has 0 spiro atoms. The van der Waals surface area contributed by atoms with Gasteiger partial charge >= 0.3 is 10.1 Å². The number of halogens is 1. The summed E-state index contributed by atoms with van der Waals surface area (Å²) in [6.07, 6.45) is 0. The van der Waals surface area contributed by atoms with Gasteiger partial charge in [0, 0.05) is 11.6 Å². The molecule has 0 aliphatic heterocycles. The number of aromatic nitrogens is 1. The average Bonchev–Trinajstić information content (AvgIpc) is 3.06. The van der Waals surface area contributed by atoms with Crippen molar-refractivity contribution in [3.63, 3.8) is 0 Å². The Bertz CT molecular complexity index is 1170. The van der Waals surface area contributed by atoms with Crippen LogP contribution < -0.4 is 4.18 Å². The van der Waals surface area contributed by atoms with Gasteiger partial charge in [0.25, 0.3) is 0 Å². The van der Waals surface area contributed by atoms with Crippen molar-refractivity contribution in [2.75, 3.05) is 0 Å². The summed E-state index contributed by atoms with van der Waals surface area (Å²) in [5, 5.41) is 0. The summed E-state index contributed by atoms with van der Waals surface area (Å²) in [6, 6.07) is 18.3. The molecule has 0 saturated carbocycles. The quantitative estimate of drug-likeness (QED) is 0.499. The SMILES string of the molecule is O=S(=O)(Oc1ccc2nc(-c3ccccc3)oc2c1)c1ccc(F)cc1. The average molecular weight is 369 g/mol. The molecule has 0 N–H and O–H groups in total. The van der Waals surface area contributed by atoms with Crippen molar-refractivity contribution in [1.82, 2.24) is 4.98 Å². The molecule has 0 aliphatic carbocycles. The van der Waals surface area contributed by atoms with Gasteiger partial charge in [-0.3, -0.25) is 0 Å². The van der Waals surface area contributed by atoms with E-state index < -0.39 is 15.9 Å². The first kappa shape index (κ1) is 16.3. The smallest absolute Gasteiger partial charge is 0.339 e. The summed E-state index contributed by atoms with van der Waals surface area (Å²) in [6.45, 7) is 0. The number of fused-ring (bicyclic) bond motifs is 1. The second kappa shape index (κ2) is 6.27. The van der Waals surface area contributed by atoms with Crippen LogP contribution in [0.2, 0.25) is 0 Å². The Kier molecular flexibility index (Phi) is 3.93. The Hall–Kier alpha value is -3.19. The van der Waals surface area contributed by atoms with Crippen LogP contribution >= 0.6 is 0 Å². The fraction of sp³-hybridized carbons (Fsp3) is 0. The highest BCUT2D eigenvalue weighted by molar-refractivity contribution is 7.87. The monoisotopic (exact) mass is 369 g/mol. The van der Waals surface area contributed by atoms with E-state index in [0.717, 1.165) is 29.8 Å². The van der Waals surface area contributed by atoms with Crippen molar-refractivity contribution >= 4 is 21.2 Å². The lowest BCUT2D eigenvalue weighted by atomic mass is 10.2. The number of nitrogens with zero attached hydrogens (tertiary/aromatic N) is 1. The van der Waals surface area contributed by atoms with Crippen molar-refractivity contribution in [3.8, 4) is 17.2 Å². The zero-order valence-electron chi connectivity index (χ0n) is 13.3. The first-order chi connectivity index (χ1) is 12.5. The molecule has 0 fully saturated rings. The zero-order chi connectivity index (χ0) is 18.1. The number of benzene rings is 3. The minimum absolute atomic E-state index is 0.0811. The molecule has 4 aromatic rings. The summed E-state index contributed by atoms with van der Waals surface area (Å²) in [7, 11) is -4.07. The molecule has 0 bridgehead atoms. The van der Waals surface area contributed by atoms with Crippen LogP contribution in [0.3, 0.4) is 0 Å². The maximum atomic E-state index is 13.0. The maximum Gasteiger partial charge on any atom is 0.339 e. The Morgan fingerprint density at radius 3 is 2.38 bits per heavy atom. The zero-order valence-corrected chi connectivity index (χ0v) is 14.1. The molecule has 0 saturated heterocycles. The largest absolute Gasteiger partial charge is 0.436 e. The number of rotatable bonds is 4. The second-order valence-electron chi connectivity index (χ2n) is 5.51. The lowest BCUT2D eigenvalue weighted by Gasteiger charge is -2.06. The van der Waals surface area contributed by atoms with Crippen molar-refractivity contribution in [3.05, 3.63) is 78.6 Å². The molecule has 0 amide bonds. The van der Waals surface area contributed by atoms with Crippen LogP contribution in [-0.4, -0.2) is 13.4 Å². The molecular weight excluding hydrogens is 357 g/mol. The van der Waals surface area contributed by atoms with Crippen LogP contribution in [0.25, 0.3) is 22.6 Å². The normalized spacial score (nSPS) is 11.6. The molecular formula is C19H12FNO4S. The molecule has 130 valence electrons. The number of hydrogen-bond donors (Lipinski definition) is 0. The maximum absolute atomic E-state index is 13.0. The van der Waals surface area contributed by atoms with Gasteiger partial charge in [0.2, 0.25) is 5.89 Å². The molecule has 5 nitrogen and oxygen atoms in total. The topological polar surface area (TPSA) is 69.4 Å². The van der Waals surface area contributed by atoms with Crippen molar-refractivity contribution in [2.45, 2.75) is 4.90 Å². The van der Waals surface area contributed by atoms with E-state index in [0.29, 0.717) is 17.0 Å². The predicted molar refractivity (Wildman–Crippen MR) is 93.7 cm³/mol. The van der Waals surface area contributed by atoms with Crippen molar-refractivity contribution in [2.24, 2.45) is 0 Å². The lowest BCUT2D eigenvalue weighted by molar-refractivity contribution is 0.485. The van der Waals surface area contributed by atoms with Gasteiger partial charge in [0.05, 0.1) is 0 Å². The van der Waals surface area contributed by atoms with Gasteiger partial charge in [0.1, 0.15) is 22.0 Å². The molecule has 26 heavy (non-hydrogen) atoms. The van der Waals surface area contributed by atoms with E-state index in [9.17, 15) is 12.8 Å². The standard InChI is InChI=1S/C19H12FNO4S/c20-14-6-9-16(10-7-14)26(22,23)25-15-8-11-17-18(12-15)24-19(21-17)13-4-2-1-3-5-13/h1-12H. The summed E-state index contributed by atoms with van der Waals surface area (Å²) in [5.74, 6) is -0.0165. The molecule has 0 radical (unpaired) electrons. The molecule has 3 aromatic carbocycles. The highest BCUT2D eigenvalue weighted by Crippen LogP contribution is 2.28. The fourth-order valence-corrected chi connectivity index (χ4v) is 3.36. The Balaban J connectivity index is 1.66. The number of hydrogen-bond acceptors (Lipinski definition) is 5. The van der Waals surface area contributed by atoms with E-state index >= 15 is 0 Å². The van der Waals surface area contributed by atoms with Crippen LogP contribution in [0.1, 0.15) is 0 Å². The molecule has 1 heterocycles. The molecule has 1 aromatic heterocycles. The summed E-state index contributed by atoms with van der Waals surface area (Å²) >= 11 is 0. The Morgan fingerprint density at radius 2 is 1.65 bits per heavy atom. The third kappa shape index (κ3) is 3.16. The van der Waals surface area contributed by atoms with E-state index in [2.05, 4.69) is 4.98 Å². The van der Waals surface area contributed by atoms with Crippen molar-refractivity contribution in [1.29, 1.82) is 0 Å². The third-order valence-electron chi connectivity index (χ3n) is 3.69. The van der Waals surface area contributed by atoms with E-state index in [1.54, 1.807) is 6.07 Å². The van der Waals surface area contributed by atoms with Crippen LogP contribution in [0.5, 0.6) is 5.75 Å². The molecule has 4 rings (SSSR count). The van der Waals surface area contributed by atoms with Crippen LogP contribution in [0.15, 0.2) is 82.1 Å². The molecule has 0 aliphatic rings. The summed E-state index contributed by atoms with van der Waals surface area (Å²) in [4.78, 5) is 4.24. The first-order valence-electron chi connectivity index (χ1n) is 7.67. The molecule has 7 heteroatoms. The highest BCUT2D eigenvalue weighted by atomic mass is 32.2. The van der Waals surface area contributed by atoms with E-state index in [-0.39, 0.29) is 10.6 Å². The summed E-state index contributed by atoms with van der Waals surface area (Å²) < 4.78 is 48.3. The van der Waals surface area contributed by atoms with Gasteiger partial charge in [-0.1, -0.05) is 18.2 Å². The fourth-order valence-electron chi connectivity index (χ4n) is 2.44. The highest BCUT2D eigenvalue weighted by Gasteiger charge is 2.18. The minimum atomic E-state index is -4.07. The Morgan fingerprint density at radius 1 is 0.923 bits per heavy atom. The van der Waals surface area contributed by atoms with E-state index in [1.807, 2.05) is 30.3 Å². The molecule has 0 atom stereocenters. The molecule has 0 unspecified atom stereocenters. The predicted octanol–water partition coefficient (Wildman–Crippen LogP) is 4.40. The first-order valence-corrected chi connectivity index (χ1v) is 9.08. The van der Waals surface area contributed by atoms with Gasteiger partial charge in [0.15, 0.2) is 5.58 Å². The van der Waals surface area contributed by atoms with Gasteiger partial charge in [-0.2, -0.15) is 8.42 Å². The van der Waals surface area contributed by atoms with Crippen LogP contribution in [0.4, 0.5) is 4.39 Å². The van der Waals surface area contributed by atoms with Gasteiger partial charge in [-0.05, 0) is 48.5 Å². The van der Waals surface area contributed by atoms with Crippen LogP contribution in [-0.2, 0) is 10.1 Å². The van der Waals surface area contributed by atoms with E-state index in [4.69, 9.17) is 8.60 Å². The van der Waals surface area contributed by atoms with E-state index in [1.165, 1.54) is 12.1 Å². The van der Waals surface area contributed by atoms with Gasteiger partial charge < -0.3 is 8.60 Å². The van der Waals surface area contributed by atoms with Gasteiger partial charge in [-0.15, -0.1) is 0 Å². The van der Waals surface area contributed by atoms with Crippen LogP contribution in [0, 0.1) is 5.82 Å². The minimum Gasteiger partial charge on any atom is -0.436 e. The lowest BCUT2D eigenvalue weighted by Crippen LogP contribution is -2.09.